The molecule has 0 N–H and O–H groups in total. The first-order chi connectivity index (χ1) is 11.3. The van der Waals surface area contributed by atoms with Gasteiger partial charge in [-0.2, -0.15) is 0 Å². The van der Waals surface area contributed by atoms with Gasteiger partial charge in [0.05, 0.1) is 6.10 Å². The Labute approximate surface area is 155 Å². The molecule has 0 radical (unpaired) electrons. The van der Waals surface area contributed by atoms with Gasteiger partial charge in [-0.05, 0) is 18.9 Å². The average molecular weight is 369 g/mol. The molecule has 0 aromatic heterocycles. The maximum Gasteiger partial charge on any atom is 0.163 e. The first kappa shape index (κ1) is 22.4. The Hall–Kier alpha value is -0.673. The third-order valence-corrected chi connectivity index (χ3v) is 10.1. The van der Waals surface area contributed by atoms with Crippen molar-refractivity contribution in [2.24, 2.45) is 11.8 Å². The van der Waals surface area contributed by atoms with Crippen LogP contribution in [0.5, 0.6) is 0 Å². The van der Waals surface area contributed by atoms with Crippen LogP contribution in [0.15, 0.2) is 0 Å². The zero-order valence-corrected chi connectivity index (χ0v) is 18.6. The summed E-state index contributed by atoms with van der Waals surface area (Å²) in [7, 11) is -0.0667. The molecule has 0 unspecified atom stereocenters. The summed E-state index contributed by atoms with van der Waals surface area (Å²) in [5, 5.41) is 0.189. The van der Waals surface area contributed by atoms with E-state index in [0.29, 0.717) is 0 Å². The highest BCUT2D eigenvalue weighted by Crippen LogP contribution is 2.37. The van der Waals surface area contributed by atoms with Gasteiger partial charge in [-0.15, -0.1) is 5.54 Å². The van der Waals surface area contributed by atoms with Gasteiger partial charge in [0.15, 0.2) is 5.79 Å². The molecule has 1 heterocycles. The Morgan fingerprint density at radius 2 is 1.72 bits per heavy atom. The van der Waals surface area contributed by atoms with Gasteiger partial charge < -0.3 is 19.0 Å². The second-order valence-corrected chi connectivity index (χ2v) is 14.2. The van der Waals surface area contributed by atoms with Crippen molar-refractivity contribution in [3.63, 3.8) is 0 Å². The summed E-state index contributed by atoms with van der Waals surface area (Å²) >= 11 is 0. The number of aldehydes is 1. The lowest BCUT2D eigenvalue weighted by Crippen LogP contribution is -2.56. The fourth-order valence-corrected chi connectivity index (χ4v) is 3.68. The van der Waals surface area contributed by atoms with Crippen LogP contribution in [0.3, 0.4) is 0 Å². The molecular weight excluding hydrogens is 332 g/mol. The molecule has 5 heteroatoms. The predicted octanol–water partition coefficient (Wildman–Crippen LogP) is 4.04. The highest BCUT2D eigenvalue weighted by molar-refractivity contribution is 6.87. The maximum absolute atomic E-state index is 11.3. The van der Waals surface area contributed by atoms with Crippen molar-refractivity contribution in [1.29, 1.82) is 0 Å². The molecule has 5 atom stereocenters. The van der Waals surface area contributed by atoms with E-state index >= 15 is 0 Å². The zero-order valence-electron chi connectivity index (χ0n) is 17.6. The Bertz CT molecular complexity index is 524. The summed E-state index contributed by atoms with van der Waals surface area (Å²) in [6.07, 6.45) is 0.161. The van der Waals surface area contributed by atoms with E-state index in [0.717, 1.165) is 6.29 Å². The van der Waals surface area contributed by atoms with Crippen LogP contribution in [0.1, 0.15) is 48.5 Å². The van der Waals surface area contributed by atoms with E-state index in [1.807, 2.05) is 27.7 Å². The van der Waals surface area contributed by atoms with Gasteiger partial charge in [-0.3, -0.25) is 0 Å². The summed E-state index contributed by atoms with van der Waals surface area (Å²) in [4.78, 5) is 11.3. The second kappa shape index (κ2) is 7.92. The molecule has 0 amide bonds. The number of ether oxygens (including phenoxy) is 3. The van der Waals surface area contributed by atoms with Crippen molar-refractivity contribution in [2.75, 3.05) is 7.11 Å². The highest BCUT2D eigenvalue weighted by atomic mass is 28.3. The van der Waals surface area contributed by atoms with E-state index < -0.39 is 13.9 Å². The molecular formula is C20H36O4Si. The normalized spacial score (nSPS) is 29.3. The summed E-state index contributed by atoms with van der Waals surface area (Å²) < 4.78 is 17.9. The predicted molar refractivity (Wildman–Crippen MR) is 104 cm³/mol. The topological polar surface area (TPSA) is 44.8 Å². The molecule has 0 saturated carbocycles. The lowest BCUT2D eigenvalue weighted by Gasteiger charge is -2.47. The summed E-state index contributed by atoms with van der Waals surface area (Å²) in [6.45, 7) is 19.0. The standard InChI is InChI=1S/C20H36O4Si/c1-14(13-21)17-15(2)18(24-20(6,7)23-17)16(22-8)11-12-25(9,10)19(3,4)5/h13-18H,1-10H3/t14-,15+,16-,17-,18-/m0/s1. The molecule has 1 saturated heterocycles. The first-order valence-corrected chi connectivity index (χ1v) is 12.1. The lowest BCUT2D eigenvalue weighted by atomic mass is 9.86. The molecule has 0 bridgehead atoms. The maximum atomic E-state index is 11.3. The van der Waals surface area contributed by atoms with Crippen LogP contribution >= 0.6 is 0 Å². The fourth-order valence-electron chi connectivity index (χ4n) is 2.80. The van der Waals surface area contributed by atoms with E-state index in [2.05, 4.69) is 45.3 Å². The average Bonchev–Trinajstić information content (AvgIpc) is 2.48. The van der Waals surface area contributed by atoms with Gasteiger partial charge in [-0.1, -0.05) is 53.6 Å². The van der Waals surface area contributed by atoms with Gasteiger partial charge >= 0.3 is 0 Å². The smallest absolute Gasteiger partial charge is 0.163 e. The summed E-state index contributed by atoms with van der Waals surface area (Å²) in [5.41, 5.74) is 3.53. The molecule has 0 spiro atoms. The SMILES string of the molecule is CO[C@@H](C#C[Si](C)(C)C(C)(C)C)[C@H]1OC(C)(C)O[C@@H]([C@@H](C)C=O)[C@H]1C. The van der Waals surface area contributed by atoms with E-state index in [9.17, 15) is 4.79 Å². The largest absolute Gasteiger partial charge is 0.366 e. The number of rotatable bonds is 4. The van der Waals surface area contributed by atoms with Crippen LogP contribution in [0.25, 0.3) is 0 Å². The highest BCUT2D eigenvalue weighted by Gasteiger charge is 2.46. The minimum absolute atomic E-state index is 0.00638. The van der Waals surface area contributed by atoms with Crippen molar-refractivity contribution in [3.8, 4) is 11.5 Å². The molecule has 0 aromatic carbocycles. The van der Waals surface area contributed by atoms with Crippen LogP contribution in [0.4, 0.5) is 0 Å². The minimum Gasteiger partial charge on any atom is -0.366 e. The van der Waals surface area contributed by atoms with Gasteiger partial charge in [0.25, 0.3) is 0 Å². The third-order valence-electron chi connectivity index (χ3n) is 5.56. The van der Waals surface area contributed by atoms with E-state index in [1.165, 1.54) is 0 Å². The molecule has 0 aromatic rings. The summed E-state index contributed by atoms with van der Waals surface area (Å²) in [5.74, 6) is 2.39. The van der Waals surface area contributed by atoms with E-state index in [1.54, 1.807) is 7.11 Å². The van der Waals surface area contributed by atoms with Crippen LogP contribution < -0.4 is 0 Å². The van der Waals surface area contributed by atoms with Crippen LogP contribution in [0.2, 0.25) is 18.1 Å². The molecule has 1 fully saturated rings. The van der Waals surface area contributed by atoms with E-state index in [4.69, 9.17) is 14.2 Å². The van der Waals surface area contributed by atoms with Gasteiger partial charge in [-0.25, -0.2) is 0 Å². The van der Waals surface area contributed by atoms with Crippen molar-refractivity contribution in [2.45, 2.75) is 90.7 Å². The first-order valence-electron chi connectivity index (χ1n) is 9.12. The number of methoxy groups -OCH3 is 1. The Kier molecular flexibility index (Phi) is 7.08. The molecule has 4 nitrogen and oxygen atoms in total. The number of hydrogen-bond acceptors (Lipinski definition) is 4. The van der Waals surface area contributed by atoms with Gasteiger partial charge in [0.1, 0.15) is 26.6 Å². The molecule has 1 aliphatic rings. The van der Waals surface area contributed by atoms with Crippen LogP contribution in [0, 0.1) is 23.3 Å². The second-order valence-electron chi connectivity index (χ2n) is 9.22. The Morgan fingerprint density at radius 1 is 1.20 bits per heavy atom. The molecule has 144 valence electrons. The number of hydrogen-bond donors (Lipinski definition) is 0. The quantitative estimate of drug-likeness (QED) is 0.427. The van der Waals surface area contributed by atoms with Gasteiger partial charge in [0, 0.05) is 18.9 Å². The molecule has 25 heavy (non-hydrogen) atoms. The van der Waals surface area contributed by atoms with E-state index in [-0.39, 0.29) is 35.2 Å². The Balaban J connectivity index is 3.14. The van der Waals surface area contributed by atoms with Crippen LogP contribution in [-0.2, 0) is 19.0 Å². The monoisotopic (exact) mass is 368 g/mol. The van der Waals surface area contributed by atoms with Crippen molar-refractivity contribution >= 4 is 14.4 Å². The van der Waals surface area contributed by atoms with Gasteiger partial charge in [0.2, 0.25) is 0 Å². The molecule has 1 aliphatic heterocycles. The van der Waals surface area contributed by atoms with Crippen molar-refractivity contribution in [3.05, 3.63) is 0 Å². The van der Waals surface area contributed by atoms with Crippen molar-refractivity contribution < 1.29 is 19.0 Å². The van der Waals surface area contributed by atoms with Crippen molar-refractivity contribution in [1.82, 2.24) is 0 Å². The molecule has 1 rings (SSSR count). The lowest BCUT2D eigenvalue weighted by molar-refractivity contribution is -0.334. The summed E-state index contributed by atoms with van der Waals surface area (Å²) in [6, 6.07) is 0. The number of carbonyl (C=O) groups is 1. The fraction of sp³-hybridized carbons (Fsp3) is 0.850. The zero-order chi connectivity index (χ0) is 19.6. The van der Waals surface area contributed by atoms with Crippen LogP contribution in [-0.4, -0.2) is 45.6 Å². The third kappa shape index (κ3) is 5.40. The molecule has 0 aliphatic carbocycles. The number of carbonyl (C=O) groups excluding carboxylic acids is 1. The Morgan fingerprint density at radius 3 is 2.16 bits per heavy atom. The minimum atomic E-state index is -1.73.